The van der Waals surface area contributed by atoms with Crippen LogP contribution in [-0.4, -0.2) is 77.7 Å². The van der Waals surface area contributed by atoms with Crippen LogP contribution in [0.5, 0.6) is 0 Å². The van der Waals surface area contributed by atoms with Gasteiger partial charge in [0.25, 0.3) is 0 Å². The third-order valence-electron chi connectivity index (χ3n) is 4.73. The first-order chi connectivity index (χ1) is 14.1. The Morgan fingerprint density at radius 1 is 1.31 bits per heavy atom. The number of nitrogens with one attached hydrogen (secondary N) is 2. The first kappa shape index (κ1) is 21.0. The lowest BCUT2D eigenvalue weighted by Crippen LogP contribution is -2.42. The van der Waals surface area contributed by atoms with Gasteiger partial charge in [0.15, 0.2) is 6.29 Å². The molecule has 3 heterocycles. The summed E-state index contributed by atoms with van der Waals surface area (Å²) in [5.41, 5.74) is -0.200. The van der Waals surface area contributed by atoms with Crippen LogP contribution in [0, 0.1) is 10.1 Å². The summed E-state index contributed by atoms with van der Waals surface area (Å²) in [5, 5.41) is 17.7. The molecule has 12 heteroatoms. The summed E-state index contributed by atoms with van der Waals surface area (Å²) in [6.45, 7) is 4.66. The highest BCUT2D eigenvalue weighted by atomic mass is 16.7. The van der Waals surface area contributed by atoms with Crippen molar-refractivity contribution < 1.29 is 23.9 Å². The maximum atomic E-state index is 11.8. The van der Waals surface area contributed by atoms with Gasteiger partial charge in [-0.05, 0) is 19.8 Å². The number of nitro groups is 1. The molecule has 160 valence electrons. The molecule has 0 atom stereocenters. The topological polar surface area (TPSA) is 141 Å². The van der Waals surface area contributed by atoms with Crippen molar-refractivity contribution in [2.75, 3.05) is 50.1 Å². The predicted octanol–water partition coefficient (Wildman–Crippen LogP) is 1.59. The van der Waals surface area contributed by atoms with E-state index in [2.05, 4.69) is 20.6 Å². The summed E-state index contributed by atoms with van der Waals surface area (Å²) in [6.07, 6.45) is 2.48. The van der Waals surface area contributed by atoms with Gasteiger partial charge in [-0.15, -0.1) is 0 Å². The number of carbonyl (C=O) groups is 1. The number of aromatic nitrogens is 2. The van der Waals surface area contributed by atoms with Crippen LogP contribution in [0.25, 0.3) is 0 Å². The van der Waals surface area contributed by atoms with Crippen LogP contribution in [0.15, 0.2) is 6.33 Å². The summed E-state index contributed by atoms with van der Waals surface area (Å²) >= 11 is 0. The van der Waals surface area contributed by atoms with Crippen molar-refractivity contribution in [3.63, 3.8) is 0 Å². The standard InChI is InChI=1S/C17H26N6O6/c1-2-27-17(24)22-7-4-12(5-8-22)21-16-14(23(25)26)15(19-11-20-16)18-6-3-13-28-9-10-29-13/h11-13H,2-10H2,1H3,(H2,18,19,20,21). The number of likely N-dealkylation sites (tertiary alicyclic amines) is 1. The number of ether oxygens (including phenoxy) is 3. The number of carbonyl (C=O) groups excluding carboxylic acids is 1. The summed E-state index contributed by atoms with van der Waals surface area (Å²) in [4.78, 5) is 32.7. The van der Waals surface area contributed by atoms with E-state index in [0.717, 1.165) is 0 Å². The average Bonchev–Trinajstić information content (AvgIpc) is 3.22. The van der Waals surface area contributed by atoms with Gasteiger partial charge in [-0.1, -0.05) is 0 Å². The zero-order chi connectivity index (χ0) is 20.6. The van der Waals surface area contributed by atoms with E-state index in [4.69, 9.17) is 14.2 Å². The second-order valence-electron chi connectivity index (χ2n) is 6.67. The van der Waals surface area contributed by atoms with Crippen molar-refractivity contribution in [2.45, 2.75) is 38.5 Å². The maximum Gasteiger partial charge on any atom is 0.409 e. The van der Waals surface area contributed by atoms with Crippen LogP contribution in [0.3, 0.4) is 0 Å². The number of rotatable bonds is 8. The number of hydrogen-bond donors (Lipinski definition) is 2. The van der Waals surface area contributed by atoms with Crippen LogP contribution in [0.4, 0.5) is 22.1 Å². The lowest BCUT2D eigenvalue weighted by Gasteiger charge is -2.31. The average molecular weight is 410 g/mol. The van der Waals surface area contributed by atoms with E-state index < -0.39 is 4.92 Å². The van der Waals surface area contributed by atoms with Crippen molar-refractivity contribution in [1.29, 1.82) is 0 Å². The second kappa shape index (κ2) is 10.2. The molecule has 29 heavy (non-hydrogen) atoms. The molecule has 2 saturated heterocycles. The fourth-order valence-electron chi connectivity index (χ4n) is 3.28. The van der Waals surface area contributed by atoms with E-state index in [-0.39, 0.29) is 35.7 Å². The van der Waals surface area contributed by atoms with Crippen LogP contribution in [0.2, 0.25) is 0 Å². The summed E-state index contributed by atoms with van der Waals surface area (Å²) in [6, 6.07) is -0.0394. The van der Waals surface area contributed by atoms with Crippen molar-refractivity contribution in [3.8, 4) is 0 Å². The molecule has 2 aliphatic rings. The predicted molar refractivity (Wildman–Crippen MR) is 103 cm³/mol. The number of nitrogens with zero attached hydrogens (tertiary/aromatic N) is 4. The van der Waals surface area contributed by atoms with E-state index in [9.17, 15) is 14.9 Å². The van der Waals surface area contributed by atoms with Gasteiger partial charge in [-0.25, -0.2) is 14.8 Å². The minimum Gasteiger partial charge on any atom is -0.450 e. The van der Waals surface area contributed by atoms with E-state index in [1.165, 1.54) is 6.33 Å². The molecule has 2 fully saturated rings. The molecule has 0 bridgehead atoms. The Morgan fingerprint density at radius 2 is 2.00 bits per heavy atom. The molecule has 1 aromatic heterocycles. The summed E-state index contributed by atoms with van der Waals surface area (Å²) in [7, 11) is 0. The van der Waals surface area contributed by atoms with Gasteiger partial charge in [-0.2, -0.15) is 0 Å². The van der Waals surface area contributed by atoms with E-state index in [0.29, 0.717) is 58.7 Å². The lowest BCUT2D eigenvalue weighted by molar-refractivity contribution is -0.383. The van der Waals surface area contributed by atoms with Gasteiger partial charge in [0, 0.05) is 32.1 Å². The maximum absolute atomic E-state index is 11.8. The molecular weight excluding hydrogens is 384 g/mol. The summed E-state index contributed by atoms with van der Waals surface area (Å²) < 4.78 is 15.7. The Hall–Kier alpha value is -2.73. The molecule has 1 amide bonds. The van der Waals surface area contributed by atoms with E-state index >= 15 is 0 Å². The van der Waals surface area contributed by atoms with Crippen molar-refractivity contribution in [3.05, 3.63) is 16.4 Å². The Labute approximate surface area is 168 Å². The normalized spacial score (nSPS) is 17.9. The number of hydrogen-bond acceptors (Lipinski definition) is 10. The largest absolute Gasteiger partial charge is 0.450 e. The fourth-order valence-corrected chi connectivity index (χ4v) is 3.28. The lowest BCUT2D eigenvalue weighted by atomic mass is 10.1. The smallest absolute Gasteiger partial charge is 0.409 e. The molecule has 2 aliphatic heterocycles. The number of piperidine rings is 1. The highest BCUT2D eigenvalue weighted by Crippen LogP contribution is 2.30. The highest BCUT2D eigenvalue weighted by molar-refractivity contribution is 5.70. The quantitative estimate of drug-likeness (QED) is 0.479. The number of anilines is 2. The van der Waals surface area contributed by atoms with Gasteiger partial charge in [0.1, 0.15) is 6.33 Å². The molecule has 0 spiro atoms. The third-order valence-corrected chi connectivity index (χ3v) is 4.73. The molecule has 0 aromatic carbocycles. The molecule has 0 radical (unpaired) electrons. The Balaban J connectivity index is 1.58. The first-order valence-electron chi connectivity index (χ1n) is 9.73. The second-order valence-corrected chi connectivity index (χ2v) is 6.67. The van der Waals surface area contributed by atoms with Gasteiger partial charge < -0.3 is 29.7 Å². The van der Waals surface area contributed by atoms with Crippen LogP contribution >= 0.6 is 0 Å². The number of amides is 1. The fraction of sp³-hybridized carbons (Fsp3) is 0.706. The Morgan fingerprint density at radius 3 is 2.66 bits per heavy atom. The van der Waals surface area contributed by atoms with Crippen molar-refractivity contribution in [2.24, 2.45) is 0 Å². The minimum atomic E-state index is -0.499. The third kappa shape index (κ3) is 5.64. The molecule has 12 nitrogen and oxygen atoms in total. The minimum absolute atomic E-state index is 0.0394. The zero-order valence-corrected chi connectivity index (χ0v) is 16.3. The molecule has 0 unspecified atom stereocenters. The monoisotopic (exact) mass is 410 g/mol. The van der Waals surface area contributed by atoms with Gasteiger partial charge in [0.05, 0.1) is 24.7 Å². The van der Waals surface area contributed by atoms with Crippen LogP contribution in [-0.2, 0) is 14.2 Å². The molecule has 3 rings (SSSR count). The molecule has 1 aromatic rings. The van der Waals surface area contributed by atoms with Gasteiger partial charge >= 0.3 is 11.8 Å². The van der Waals surface area contributed by atoms with Gasteiger partial charge in [0.2, 0.25) is 11.6 Å². The van der Waals surface area contributed by atoms with Crippen LogP contribution < -0.4 is 10.6 Å². The molecule has 0 saturated carbocycles. The van der Waals surface area contributed by atoms with Gasteiger partial charge in [-0.3, -0.25) is 10.1 Å². The SMILES string of the molecule is CCOC(=O)N1CCC(Nc2ncnc(NCCC3OCCO3)c2[N+](=O)[O-])CC1. The Bertz CT molecular complexity index is 706. The zero-order valence-electron chi connectivity index (χ0n) is 16.3. The van der Waals surface area contributed by atoms with Crippen LogP contribution in [0.1, 0.15) is 26.2 Å². The molecule has 0 aliphatic carbocycles. The summed E-state index contributed by atoms with van der Waals surface area (Å²) in [5.74, 6) is 0.310. The van der Waals surface area contributed by atoms with E-state index in [1.807, 2.05) is 0 Å². The molecule has 2 N–H and O–H groups in total. The molecular formula is C17H26N6O6. The Kier molecular flexibility index (Phi) is 7.36. The van der Waals surface area contributed by atoms with Crippen molar-refractivity contribution in [1.82, 2.24) is 14.9 Å². The first-order valence-corrected chi connectivity index (χ1v) is 9.73. The van der Waals surface area contributed by atoms with Crippen molar-refractivity contribution >= 4 is 23.4 Å². The highest BCUT2D eigenvalue weighted by Gasteiger charge is 2.28. The van der Waals surface area contributed by atoms with E-state index in [1.54, 1.807) is 11.8 Å².